The SMILES string of the molecule is Cc1cncn1Cc1ccc(C=CC(=O)NO)cc1. The predicted molar refractivity (Wildman–Crippen MR) is 71.5 cm³/mol. The zero-order valence-corrected chi connectivity index (χ0v) is 10.6. The van der Waals surface area contributed by atoms with Crippen LogP contribution in [0, 0.1) is 6.92 Å². The Morgan fingerprint density at radius 1 is 1.42 bits per heavy atom. The number of rotatable bonds is 4. The molecule has 1 aromatic heterocycles. The van der Waals surface area contributed by atoms with Gasteiger partial charge in [-0.1, -0.05) is 24.3 Å². The van der Waals surface area contributed by atoms with E-state index in [1.165, 1.54) is 6.08 Å². The molecule has 0 aliphatic rings. The van der Waals surface area contributed by atoms with E-state index < -0.39 is 5.91 Å². The van der Waals surface area contributed by atoms with Crippen molar-refractivity contribution in [2.24, 2.45) is 0 Å². The van der Waals surface area contributed by atoms with Crippen molar-refractivity contribution >= 4 is 12.0 Å². The zero-order chi connectivity index (χ0) is 13.7. The Bertz CT molecular complexity index is 585. The third-order valence-corrected chi connectivity index (χ3v) is 2.79. The van der Waals surface area contributed by atoms with Crippen LogP contribution in [0.15, 0.2) is 42.9 Å². The molecule has 1 aromatic carbocycles. The van der Waals surface area contributed by atoms with Crippen LogP contribution >= 0.6 is 0 Å². The lowest BCUT2D eigenvalue weighted by atomic mass is 10.1. The maximum absolute atomic E-state index is 10.8. The van der Waals surface area contributed by atoms with Gasteiger partial charge in [0.1, 0.15) is 0 Å². The van der Waals surface area contributed by atoms with Gasteiger partial charge in [-0.05, 0) is 24.1 Å². The third kappa shape index (κ3) is 3.53. The third-order valence-electron chi connectivity index (χ3n) is 2.79. The first-order valence-electron chi connectivity index (χ1n) is 5.87. The van der Waals surface area contributed by atoms with Gasteiger partial charge >= 0.3 is 0 Å². The largest absolute Gasteiger partial charge is 0.330 e. The van der Waals surface area contributed by atoms with Crippen LogP contribution in [0.5, 0.6) is 0 Å². The average molecular weight is 257 g/mol. The van der Waals surface area contributed by atoms with Crippen LogP contribution in [0.2, 0.25) is 0 Å². The van der Waals surface area contributed by atoms with Gasteiger partial charge in [0.05, 0.1) is 6.33 Å². The molecule has 0 atom stereocenters. The molecular weight excluding hydrogens is 242 g/mol. The van der Waals surface area contributed by atoms with Crippen molar-refractivity contribution in [3.8, 4) is 0 Å². The Balaban J connectivity index is 2.04. The number of imidazole rings is 1. The summed E-state index contributed by atoms with van der Waals surface area (Å²) in [5.41, 5.74) is 4.72. The fraction of sp³-hybridized carbons (Fsp3) is 0.143. The van der Waals surface area contributed by atoms with Crippen molar-refractivity contribution in [2.75, 3.05) is 0 Å². The lowest BCUT2D eigenvalue weighted by Crippen LogP contribution is -2.14. The van der Waals surface area contributed by atoms with Crippen molar-refractivity contribution in [3.05, 3.63) is 59.7 Å². The number of carbonyl (C=O) groups excluding carboxylic acids is 1. The summed E-state index contributed by atoms with van der Waals surface area (Å²) in [7, 11) is 0. The number of amides is 1. The van der Waals surface area contributed by atoms with Crippen molar-refractivity contribution in [2.45, 2.75) is 13.5 Å². The molecule has 0 aliphatic heterocycles. The van der Waals surface area contributed by atoms with E-state index >= 15 is 0 Å². The van der Waals surface area contributed by atoms with E-state index in [0.717, 1.165) is 23.4 Å². The molecule has 1 amide bonds. The van der Waals surface area contributed by atoms with Crippen molar-refractivity contribution in [1.29, 1.82) is 0 Å². The minimum Gasteiger partial charge on any atom is -0.330 e. The Labute approximate surface area is 111 Å². The molecule has 0 fully saturated rings. The first-order chi connectivity index (χ1) is 9.19. The molecule has 0 bridgehead atoms. The van der Waals surface area contributed by atoms with Gasteiger partial charge in [0.15, 0.2) is 0 Å². The van der Waals surface area contributed by atoms with E-state index in [0.29, 0.717) is 0 Å². The highest BCUT2D eigenvalue weighted by molar-refractivity contribution is 5.90. The van der Waals surface area contributed by atoms with Crippen LogP contribution in [0.25, 0.3) is 6.08 Å². The van der Waals surface area contributed by atoms with E-state index in [-0.39, 0.29) is 0 Å². The smallest absolute Gasteiger partial charge is 0.267 e. The number of nitrogens with zero attached hydrogens (tertiary/aromatic N) is 2. The number of aryl methyl sites for hydroxylation is 1. The molecule has 0 saturated carbocycles. The van der Waals surface area contributed by atoms with Crippen LogP contribution in [0.3, 0.4) is 0 Å². The summed E-state index contributed by atoms with van der Waals surface area (Å²) in [6, 6.07) is 7.83. The summed E-state index contributed by atoms with van der Waals surface area (Å²) in [5.74, 6) is -0.543. The molecule has 0 saturated heterocycles. The normalized spacial score (nSPS) is 10.8. The van der Waals surface area contributed by atoms with Crippen LogP contribution in [0.1, 0.15) is 16.8 Å². The number of hydrogen-bond acceptors (Lipinski definition) is 3. The lowest BCUT2D eigenvalue weighted by Gasteiger charge is -2.05. The minimum absolute atomic E-state index is 0.543. The first kappa shape index (κ1) is 13.0. The first-order valence-corrected chi connectivity index (χ1v) is 5.87. The van der Waals surface area contributed by atoms with Gasteiger partial charge in [-0.15, -0.1) is 0 Å². The predicted octanol–water partition coefficient (Wildman–Crippen LogP) is 1.76. The van der Waals surface area contributed by atoms with Gasteiger partial charge in [-0.2, -0.15) is 0 Å². The van der Waals surface area contributed by atoms with E-state index in [9.17, 15) is 4.79 Å². The Hall–Kier alpha value is -2.40. The Morgan fingerprint density at radius 3 is 2.74 bits per heavy atom. The lowest BCUT2D eigenvalue weighted by molar-refractivity contribution is -0.124. The molecule has 2 rings (SSSR count). The highest BCUT2D eigenvalue weighted by atomic mass is 16.5. The van der Waals surface area contributed by atoms with Gasteiger partial charge in [-0.25, -0.2) is 10.5 Å². The van der Waals surface area contributed by atoms with E-state index in [2.05, 4.69) is 9.55 Å². The summed E-state index contributed by atoms with van der Waals surface area (Å²) in [6.45, 7) is 2.78. The van der Waals surface area contributed by atoms with Crippen molar-refractivity contribution in [1.82, 2.24) is 15.0 Å². The summed E-state index contributed by atoms with van der Waals surface area (Å²) in [5, 5.41) is 8.37. The van der Waals surface area contributed by atoms with Crippen molar-refractivity contribution in [3.63, 3.8) is 0 Å². The van der Waals surface area contributed by atoms with Gasteiger partial charge in [0.2, 0.25) is 0 Å². The Morgan fingerprint density at radius 2 is 2.16 bits per heavy atom. The molecule has 5 heteroatoms. The molecule has 5 nitrogen and oxygen atoms in total. The summed E-state index contributed by atoms with van der Waals surface area (Å²) in [6.07, 6.45) is 6.53. The van der Waals surface area contributed by atoms with Gasteiger partial charge in [-0.3, -0.25) is 10.0 Å². The second kappa shape index (κ2) is 5.97. The summed E-state index contributed by atoms with van der Waals surface area (Å²) in [4.78, 5) is 14.9. The maximum atomic E-state index is 10.8. The number of hydroxylamine groups is 1. The molecule has 0 radical (unpaired) electrons. The maximum Gasteiger partial charge on any atom is 0.267 e. The summed E-state index contributed by atoms with van der Waals surface area (Å²) >= 11 is 0. The second-order valence-corrected chi connectivity index (χ2v) is 4.21. The fourth-order valence-electron chi connectivity index (χ4n) is 1.69. The molecular formula is C14H15N3O2. The molecule has 2 N–H and O–H groups in total. The van der Waals surface area contributed by atoms with Gasteiger partial charge in [0, 0.05) is 24.5 Å². The van der Waals surface area contributed by atoms with E-state index in [4.69, 9.17) is 5.21 Å². The van der Waals surface area contributed by atoms with Gasteiger partial charge < -0.3 is 4.57 Å². The van der Waals surface area contributed by atoms with Gasteiger partial charge in [0.25, 0.3) is 5.91 Å². The molecule has 1 heterocycles. The standard InChI is InChI=1S/C14H15N3O2/c1-11-8-15-10-17(11)9-13-4-2-12(3-5-13)6-7-14(18)16-19/h2-8,10,19H,9H2,1H3,(H,16,18). The summed E-state index contributed by atoms with van der Waals surface area (Å²) < 4.78 is 2.06. The molecule has 0 unspecified atom stereocenters. The zero-order valence-electron chi connectivity index (χ0n) is 10.6. The number of aromatic nitrogens is 2. The molecule has 19 heavy (non-hydrogen) atoms. The average Bonchev–Trinajstić information content (AvgIpc) is 2.83. The van der Waals surface area contributed by atoms with Crippen LogP contribution in [-0.2, 0) is 11.3 Å². The second-order valence-electron chi connectivity index (χ2n) is 4.21. The number of benzene rings is 1. The van der Waals surface area contributed by atoms with E-state index in [1.54, 1.807) is 17.9 Å². The number of carbonyl (C=O) groups is 1. The molecule has 0 aliphatic carbocycles. The van der Waals surface area contributed by atoms with Crippen LogP contribution in [-0.4, -0.2) is 20.7 Å². The molecule has 0 spiro atoms. The quantitative estimate of drug-likeness (QED) is 0.498. The number of hydrogen-bond donors (Lipinski definition) is 2. The highest BCUT2D eigenvalue weighted by Crippen LogP contribution is 2.09. The Kier molecular flexibility index (Phi) is 4.10. The molecule has 2 aromatic rings. The molecule has 98 valence electrons. The monoisotopic (exact) mass is 257 g/mol. The van der Waals surface area contributed by atoms with Crippen molar-refractivity contribution < 1.29 is 10.0 Å². The topological polar surface area (TPSA) is 67.2 Å². The van der Waals surface area contributed by atoms with Crippen LogP contribution in [0.4, 0.5) is 0 Å². The fourth-order valence-corrected chi connectivity index (χ4v) is 1.69. The number of nitrogens with one attached hydrogen (secondary N) is 1. The minimum atomic E-state index is -0.543. The highest BCUT2D eigenvalue weighted by Gasteiger charge is 1.98. The van der Waals surface area contributed by atoms with E-state index in [1.807, 2.05) is 37.4 Å². The van der Waals surface area contributed by atoms with Crippen LogP contribution < -0.4 is 5.48 Å².